The molecule has 0 spiro atoms. The lowest BCUT2D eigenvalue weighted by atomic mass is 10.2. The van der Waals surface area contributed by atoms with Gasteiger partial charge in [-0.3, -0.25) is 9.69 Å². The summed E-state index contributed by atoms with van der Waals surface area (Å²) in [5, 5.41) is -0.200. The van der Waals surface area contributed by atoms with Gasteiger partial charge in [0.05, 0.1) is 6.04 Å². The van der Waals surface area contributed by atoms with Gasteiger partial charge in [0.15, 0.2) is 0 Å². The van der Waals surface area contributed by atoms with Crippen LogP contribution >= 0.6 is 24.0 Å². The zero-order valence-electron chi connectivity index (χ0n) is 7.25. The number of halogens is 2. The van der Waals surface area contributed by atoms with Gasteiger partial charge in [-0.15, -0.1) is 12.4 Å². The van der Waals surface area contributed by atoms with Crippen molar-refractivity contribution in [3.05, 3.63) is 0 Å². The molecule has 1 atom stereocenters. The van der Waals surface area contributed by atoms with Crippen LogP contribution in [0.5, 0.6) is 0 Å². The molecule has 1 aliphatic rings. The molecular formula is C8H15Cl2NO. The smallest absolute Gasteiger partial charge is 0.238 e. The lowest BCUT2D eigenvalue weighted by Gasteiger charge is -2.22. The number of carbonyl (C=O) groups excluding carboxylic acids is 1. The van der Waals surface area contributed by atoms with Crippen molar-refractivity contribution >= 4 is 29.3 Å². The van der Waals surface area contributed by atoms with E-state index >= 15 is 0 Å². The van der Waals surface area contributed by atoms with E-state index in [9.17, 15) is 4.79 Å². The predicted molar refractivity (Wildman–Crippen MR) is 53.0 cm³/mol. The van der Waals surface area contributed by atoms with Gasteiger partial charge in [-0.1, -0.05) is 6.92 Å². The van der Waals surface area contributed by atoms with Gasteiger partial charge in [-0.05, 0) is 44.0 Å². The van der Waals surface area contributed by atoms with Crippen LogP contribution < -0.4 is 0 Å². The molecule has 0 saturated carbocycles. The minimum Gasteiger partial charge on any atom is -0.293 e. The van der Waals surface area contributed by atoms with Crippen LogP contribution in [-0.2, 0) is 4.79 Å². The van der Waals surface area contributed by atoms with Crippen molar-refractivity contribution in [2.45, 2.75) is 32.2 Å². The van der Waals surface area contributed by atoms with E-state index in [1.165, 1.54) is 12.8 Å². The second kappa shape index (κ2) is 5.79. The van der Waals surface area contributed by atoms with E-state index in [0.717, 1.165) is 19.5 Å². The summed E-state index contributed by atoms with van der Waals surface area (Å²) in [6.45, 7) is 4.08. The topological polar surface area (TPSA) is 20.3 Å². The molecule has 2 nitrogen and oxygen atoms in total. The fraction of sp³-hybridized carbons (Fsp3) is 0.875. The van der Waals surface area contributed by atoms with E-state index in [-0.39, 0.29) is 23.7 Å². The van der Waals surface area contributed by atoms with Crippen LogP contribution in [0.4, 0.5) is 0 Å². The van der Waals surface area contributed by atoms with Crippen molar-refractivity contribution in [1.29, 1.82) is 0 Å². The zero-order valence-corrected chi connectivity index (χ0v) is 8.83. The Kier molecular flexibility index (Phi) is 5.89. The first-order chi connectivity index (χ1) is 5.25. The maximum absolute atomic E-state index is 10.9. The molecular weight excluding hydrogens is 197 g/mol. The minimum atomic E-state index is -0.200. The van der Waals surface area contributed by atoms with Crippen molar-refractivity contribution in [2.24, 2.45) is 0 Å². The summed E-state index contributed by atoms with van der Waals surface area (Å²) < 4.78 is 0. The van der Waals surface area contributed by atoms with Gasteiger partial charge in [0.25, 0.3) is 0 Å². The highest BCUT2D eigenvalue weighted by molar-refractivity contribution is 6.64. The molecule has 0 amide bonds. The number of hydrogen-bond donors (Lipinski definition) is 0. The molecule has 1 aliphatic heterocycles. The van der Waals surface area contributed by atoms with Gasteiger partial charge in [-0.2, -0.15) is 0 Å². The molecule has 0 aromatic rings. The molecule has 1 rings (SSSR count). The summed E-state index contributed by atoms with van der Waals surface area (Å²) in [7, 11) is 0. The van der Waals surface area contributed by atoms with Gasteiger partial charge in [0.1, 0.15) is 0 Å². The van der Waals surface area contributed by atoms with Crippen LogP contribution in [0.2, 0.25) is 0 Å². The Balaban J connectivity index is 0.00000121. The van der Waals surface area contributed by atoms with Gasteiger partial charge >= 0.3 is 0 Å². The van der Waals surface area contributed by atoms with Crippen LogP contribution in [0, 0.1) is 0 Å². The third-order valence-electron chi connectivity index (χ3n) is 2.23. The van der Waals surface area contributed by atoms with Crippen LogP contribution in [0.15, 0.2) is 0 Å². The molecule has 4 heteroatoms. The second-order valence-corrected chi connectivity index (χ2v) is 3.34. The second-order valence-electron chi connectivity index (χ2n) is 2.97. The first kappa shape index (κ1) is 12.2. The predicted octanol–water partition coefficient (Wildman–Crippen LogP) is 2.05. The van der Waals surface area contributed by atoms with E-state index in [4.69, 9.17) is 11.6 Å². The third kappa shape index (κ3) is 2.92. The fourth-order valence-corrected chi connectivity index (χ4v) is 1.91. The highest BCUT2D eigenvalue weighted by Gasteiger charge is 2.24. The maximum atomic E-state index is 10.9. The Bertz CT molecular complexity index is 146. The molecule has 0 aliphatic carbocycles. The molecule has 0 aromatic heterocycles. The quantitative estimate of drug-likeness (QED) is 0.667. The van der Waals surface area contributed by atoms with Crippen LogP contribution in [0.25, 0.3) is 0 Å². The van der Waals surface area contributed by atoms with Gasteiger partial charge in [0, 0.05) is 0 Å². The molecule has 0 N–H and O–H groups in total. The average molecular weight is 212 g/mol. The Hall–Kier alpha value is 0.210. The van der Waals surface area contributed by atoms with Crippen molar-refractivity contribution in [1.82, 2.24) is 4.90 Å². The fourth-order valence-electron chi connectivity index (χ4n) is 1.62. The molecule has 1 saturated heterocycles. The normalized spacial score (nSPS) is 20.2. The van der Waals surface area contributed by atoms with Crippen molar-refractivity contribution < 1.29 is 4.79 Å². The Morgan fingerprint density at radius 1 is 1.50 bits per heavy atom. The number of carbonyl (C=O) groups is 1. The minimum absolute atomic E-state index is 0. The standard InChI is InChI=1S/C8H14ClNO.ClH/c1-2-7(8(9)11)10-5-3-4-6-10;/h7H,2-6H2,1H3;1H. The molecule has 12 heavy (non-hydrogen) atoms. The Morgan fingerprint density at radius 2 is 2.00 bits per heavy atom. The van der Waals surface area contributed by atoms with E-state index in [1.807, 2.05) is 6.92 Å². The SMILES string of the molecule is CCC(C(=O)Cl)N1CCCC1.Cl. The molecule has 72 valence electrons. The van der Waals surface area contributed by atoms with E-state index in [2.05, 4.69) is 4.90 Å². The van der Waals surface area contributed by atoms with E-state index < -0.39 is 0 Å². The van der Waals surface area contributed by atoms with Gasteiger partial charge < -0.3 is 0 Å². The largest absolute Gasteiger partial charge is 0.293 e. The van der Waals surface area contributed by atoms with Gasteiger partial charge in [0.2, 0.25) is 5.24 Å². The van der Waals surface area contributed by atoms with Crippen molar-refractivity contribution in [3.8, 4) is 0 Å². The highest BCUT2D eigenvalue weighted by Crippen LogP contribution is 2.15. The number of rotatable bonds is 3. The Morgan fingerprint density at radius 3 is 2.33 bits per heavy atom. The van der Waals surface area contributed by atoms with Crippen molar-refractivity contribution in [2.75, 3.05) is 13.1 Å². The summed E-state index contributed by atoms with van der Waals surface area (Å²) in [4.78, 5) is 13.1. The lowest BCUT2D eigenvalue weighted by molar-refractivity contribution is -0.116. The third-order valence-corrected chi connectivity index (χ3v) is 2.48. The Labute approximate surface area is 84.7 Å². The van der Waals surface area contributed by atoms with Crippen molar-refractivity contribution in [3.63, 3.8) is 0 Å². The molecule has 1 unspecified atom stereocenters. The summed E-state index contributed by atoms with van der Waals surface area (Å²) >= 11 is 5.44. The van der Waals surface area contributed by atoms with Gasteiger partial charge in [-0.25, -0.2) is 0 Å². The lowest BCUT2D eigenvalue weighted by Crippen LogP contribution is -2.36. The first-order valence-electron chi connectivity index (χ1n) is 4.19. The first-order valence-corrected chi connectivity index (χ1v) is 4.57. The summed E-state index contributed by atoms with van der Waals surface area (Å²) in [6, 6.07) is -0.0285. The average Bonchev–Trinajstić information content (AvgIpc) is 2.40. The van der Waals surface area contributed by atoms with E-state index in [0.29, 0.717) is 0 Å². The van der Waals surface area contributed by atoms with E-state index in [1.54, 1.807) is 0 Å². The van der Waals surface area contributed by atoms with Crippen LogP contribution in [0.1, 0.15) is 26.2 Å². The maximum Gasteiger partial charge on any atom is 0.238 e. The molecule has 1 heterocycles. The summed E-state index contributed by atoms with van der Waals surface area (Å²) in [5.74, 6) is 0. The van der Waals surface area contributed by atoms with Crippen LogP contribution in [0.3, 0.4) is 0 Å². The number of nitrogens with zero attached hydrogens (tertiary/aromatic N) is 1. The summed E-state index contributed by atoms with van der Waals surface area (Å²) in [6.07, 6.45) is 3.25. The number of likely N-dealkylation sites (tertiary alicyclic amines) is 1. The number of hydrogen-bond acceptors (Lipinski definition) is 2. The molecule has 0 aromatic carbocycles. The van der Waals surface area contributed by atoms with Crippen LogP contribution in [-0.4, -0.2) is 29.3 Å². The molecule has 0 bridgehead atoms. The molecule has 1 fully saturated rings. The monoisotopic (exact) mass is 211 g/mol. The highest BCUT2D eigenvalue weighted by atomic mass is 35.5. The zero-order chi connectivity index (χ0) is 8.27. The molecule has 0 radical (unpaired) electrons. The summed E-state index contributed by atoms with van der Waals surface area (Å²) in [5.41, 5.74) is 0.